The van der Waals surface area contributed by atoms with Gasteiger partial charge in [0.05, 0.1) is 0 Å². The van der Waals surface area contributed by atoms with E-state index in [1.807, 2.05) is 0 Å². The van der Waals surface area contributed by atoms with E-state index >= 15 is 0 Å². The summed E-state index contributed by atoms with van der Waals surface area (Å²) in [5.74, 6) is 0.883. The molecule has 1 unspecified atom stereocenters. The normalized spacial score (nSPS) is 27.5. The highest BCUT2D eigenvalue weighted by molar-refractivity contribution is 4.93. The molecule has 0 aromatic rings. The summed E-state index contributed by atoms with van der Waals surface area (Å²) in [5.41, 5.74) is 6.71. The van der Waals surface area contributed by atoms with Crippen LogP contribution in [0.4, 0.5) is 0 Å². The van der Waals surface area contributed by atoms with Crippen LogP contribution in [-0.4, -0.2) is 30.6 Å². The molecule has 1 saturated heterocycles. The van der Waals surface area contributed by atoms with Gasteiger partial charge in [0.2, 0.25) is 0 Å². The van der Waals surface area contributed by atoms with Gasteiger partial charge in [-0.2, -0.15) is 0 Å². The quantitative estimate of drug-likeness (QED) is 0.812. The number of hydrogen-bond donors (Lipinski definition) is 1. The lowest BCUT2D eigenvalue weighted by Gasteiger charge is -2.37. The molecule has 0 spiro atoms. The second kappa shape index (κ2) is 6.38. The zero-order valence-electron chi connectivity index (χ0n) is 12.5. The number of nitrogens with two attached hydrogens (primary N) is 1. The Hall–Kier alpha value is -0.0800. The van der Waals surface area contributed by atoms with Crippen LogP contribution in [0.2, 0.25) is 0 Å². The van der Waals surface area contributed by atoms with Gasteiger partial charge < -0.3 is 5.73 Å². The monoisotopic (exact) mass is 252 g/mol. The second-order valence-electron chi connectivity index (χ2n) is 6.63. The van der Waals surface area contributed by atoms with Crippen molar-refractivity contribution in [1.29, 1.82) is 0 Å². The number of nitrogens with zero attached hydrogens (tertiary/aromatic N) is 1. The highest BCUT2D eigenvalue weighted by Crippen LogP contribution is 2.40. The van der Waals surface area contributed by atoms with Crippen LogP contribution in [-0.2, 0) is 0 Å². The summed E-state index contributed by atoms with van der Waals surface area (Å²) >= 11 is 0. The zero-order valence-corrected chi connectivity index (χ0v) is 12.5. The van der Waals surface area contributed by atoms with E-state index in [4.69, 9.17) is 5.73 Å². The second-order valence-corrected chi connectivity index (χ2v) is 6.63. The van der Waals surface area contributed by atoms with Crippen molar-refractivity contribution >= 4 is 0 Å². The highest BCUT2D eigenvalue weighted by atomic mass is 15.2. The molecule has 0 radical (unpaired) electrons. The third-order valence-electron chi connectivity index (χ3n) is 5.87. The molecule has 18 heavy (non-hydrogen) atoms. The molecule has 2 rings (SSSR count). The first-order chi connectivity index (χ1) is 8.74. The molecule has 0 amide bonds. The average molecular weight is 252 g/mol. The molecule has 0 aromatic carbocycles. The summed E-state index contributed by atoms with van der Waals surface area (Å²) < 4.78 is 0. The van der Waals surface area contributed by atoms with Crippen LogP contribution in [0.3, 0.4) is 0 Å². The SMILES string of the molecule is CCC1(CC)CCN(C(CN)C2CCCCC2)C1. The van der Waals surface area contributed by atoms with Crippen molar-refractivity contribution in [2.75, 3.05) is 19.6 Å². The summed E-state index contributed by atoms with van der Waals surface area (Å²) in [7, 11) is 0. The first-order valence-electron chi connectivity index (χ1n) is 8.19. The van der Waals surface area contributed by atoms with Crippen molar-refractivity contribution in [1.82, 2.24) is 4.90 Å². The lowest BCUT2D eigenvalue weighted by Crippen LogP contribution is -2.45. The molecule has 2 N–H and O–H groups in total. The van der Waals surface area contributed by atoms with Crippen LogP contribution in [0.25, 0.3) is 0 Å². The molecule has 1 aliphatic carbocycles. The maximum atomic E-state index is 6.11. The van der Waals surface area contributed by atoms with Crippen molar-refractivity contribution in [2.24, 2.45) is 17.1 Å². The van der Waals surface area contributed by atoms with Crippen LogP contribution in [0, 0.1) is 11.3 Å². The minimum absolute atomic E-state index is 0.599. The highest BCUT2D eigenvalue weighted by Gasteiger charge is 2.39. The van der Waals surface area contributed by atoms with Gasteiger partial charge in [0.15, 0.2) is 0 Å². The summed E-state index contributed by atoms with van der Waals surface area (Å²) in [6, 6.07) is 0.672. The number of hydrogen-bond acceptors (Lipinski definition) is 2. The number of rotatable bonds is 5. The van der Waals surface area contributed by atoms with E-state index in [1.54, 1.807) is 0 Å². The predicted molar refractivity (Wildman–Crippen MR) is 78.6 cm³/mol. The van der Waals surface area contributed by atoms with E-state index in [0.29, 0.717) is 11.5 Å². The summed E-state index contributed by atoms with van der Waals surface area (Å²) in [4.78, 5) is 2.74. The molecule has 106 valence electrons. The van der Waals surface area contributed by atoms with Crippen LogP contribution >= 0.6 is 0 Å². The van der Waals surface area contributed by atoms with Gasteiger partial charge in [-0.25, -0.2) is 0 Å². The molecule has 1 heterocycles. The van der Waals surface area contributed by atoms with Crippen molar-refractivity contribution in [3.63, 3.8) is 0 Å². The van der Waals surface area contributed by atoms with Gasteiger partial charge in [-0.3, -0.25) is 4.90 Å². The predicted octanol–water partition coefficient (Wildman–Crippen LogP) is 3.41. The summed E-state index contributed by atoms with van der Waals surface area (Å²) in [6.07, 6.45) is 11.2. The first kappa shape index (κ1) is 14.3. The molecule has 2 fully saturated rings. The molecule has 2 heteroatoms. The van der Waals surface area contributed by atoms with Crippen molar-refractivity contribution in [3.05, 3.63) is 0 Å². The minimum Gasteiger partial charge on any atom is -0.329 e. The molecule has 0 bridgehead atoms. The molecule has 2 nitrogen and oxygen atoms in total. The lowest BCUT2D eigenvalue weighted by atomic mass is 9.81. The number of likely N-dealkylation sites (tertiary alicyclic amines) is 1. The van der Waals surface area contributed by atoms with Gasteiger partial charge in [0, 0.05) is 19.1 Å². The van der Waals surface area contributed by atoms with Crippen LogP contribution < -0.4 is 5.73 Å². The van der Waals surface area contributed by atoms with Gasteiger partial charge in [-0.05, 0) is 50.0 Å². The molecule has 1 aliphatic heterocycles. The Kier molecular flexibility index (Phi) is 5.08. The van der Waals surface area contributed by atoms with Crippen molar-refractivity contribution < 1.29 is 0 Å². The maximum Gasteiger partial charge on any atom is 0.0246 e. The van der Waals surface area contributed by atoms with Crippen LogP contribution in [0.1, 0.15) is 65.2 Å². The Labute approximate surface area is 113 Å². The summed E-state index contributed by atoms with van der Waals surface area (Å²) in [5, 5.41) is 0. The van der Waals surface area contributed by atoms with Gasteiger partial charge in [0.25, 0.3) is 0 Å². The van der Waals surface area contributed by atoms with Gasteiger partial charge >= 0.3 is 0 Å². The van der Waals surface area contributed by atoms with Crippen LogP contribution in [0.5, 0.6) is 0 Å². The fourth-order valence-electron chi connectivity index (χ4n) is 4.24. The Morgan fingerprint density at radius 2 is 1.83 bits per heavy atom. The van der Waals surface area contributed by atoms with E-state index in [-0.39, 0.29) is 0 Å². The summed E-state index contributed by atoms with van der Waals surface area (Å²) in [6.45, 7) is 8.20. The standard InChI is InChI=1S/C16H32N2/c1-3-16(4-2)10-11-18(13-16)15(12-17)14-8-6-5-7-9-14/h14-15H,3-13,17H2,1-2H3. The largest absolute Gasteiger partial charge is 0.329 e. The Balaban J connectivity index is 1.96. The molecule has 0 aromatic heterocycles. The third-order valence-corrected chi connectivity index (χ3v) is 5.87. The maximum absolute atomic E-state index is 6.11. The molecule has 2 aliphatic rings. The van der Waals surface area contributed by atoms with Gasteiger partial charge in [0.1, 0.15) is 0 Å². The Bertz CT molecular complexity index is 241. The molecular formula is C16H32N2. The van der Waals surface area contributed by atoms with E-state index in [9.17, 15) is 0 Å². The van der Waals surface area contributed by atoms with E-state index in [1.165, 1.54) is 64.5 Å². The topological polar surface area (TPSA) is 29.3 Å². The smallest absolute Gasteiger partial charge is 0.0246 e. The molecular weight excluding hydrogens is 220 g/mol. The lowest BCUT2D eigenvalue weighted by molar-refractivity contribution is 0.128. The average Bonchev–Trinajstić information content (AvgIpc) is 2.86. The minimum atomic E-state index is 0.599. The van der Waals surface area contributed by atoms with Crippen LogP contribution in [0.15, 0.2) is 0 Å². The van der Waals surface area contributed by atoms with E-state index in [2.05, 4.69) is 18.7 Å². The first-order valence-corrected chi connectivity index (χ1v) is 8.19. The van der Waals surface area contributed by atoms with E-state index in [0.717, 1.165) is 12.5 Å². The Morgan fingerprint density at radius 3 is 2.33 bits per heavy atom. The molecule has 1 atom stereocenters. The third kappa shape index (κ3) is 2.91. The zero-order chi connectivity index (χ0) is 13.0. The van der Waals surface area contributed by atoms with E-state index < -0.39 is 0 Å². The fourth-order valence-corrected chi connectivity index (χ4v) is 4.24. The van der Waals surface area contributed by atoms with Gasteiger partial charge in [-0.15, -0.1) is 0 Å². The van der Waals surface area contributed by atoms with Crippen molar-refractivity contribution in [3.8, 4) is 0 Å². The van der Waals surface area contributed by atoms with Gasteiger partial charge in [-0.1, -0.05) is 33.1 Å². The fraction of sp³-hybridized carbons (Fsp3) is 1.00. The molecule has 1 saturated carbocycles. The van der Waals surface area contributed by atoms with Crippen molar-refractivity contribution in [2.45, 2.75) is 71.3 Å². The Morgan fingerprint density at radius 1 is 1.17 bits per heavy atom.